The van der Waals surface area contributed by atoms with E-state index < -0.39 is 54.2 Å². The van der Waals surface area contributed by atoms with E-state index in [9.17, 15) is 29.1 Å². The molecule has 4 amide bonds. The van der Waals surface area contributed by atoms with E-state index in [1.807, 2.05) is 12.1 Å². The van der Waals surface area contributed by atoms with Crippen molar-refractivity contribution in [3.8, 4) is 0 Å². The highest BCUT2D eigenvalue weighted by Crippen LogP contribution is 2.33. The first kappa shape index (κ1) is 40.7. The molecule has 1 aromatic rings. The van der Waals surface area contributed by atoms with Gasteiger partial charge in [-0.25, -0.2) is 0 Å². The number of hydrogen-bond acceptors (Lipinski definition) is 7. The molecule has 0 saturated heterocycles. The zero-order chi connectivity index (χ0) is 37.3. The Morgan fingerprint density at radius 3 is 1.86 bits per heavy atom. The number of carbonyl (C=O) groups excluding carboxylic acids is 4. The van der Waals surface area contributed by atoms with E-state index in [-0.39, 0.29) is 48.9 Å². The molecule has 2 fully saturated rings. The highest BCUT2D eigenvalue weighted by Gasteiger charge is 2.34. The molecule has 2 aliphatic carbocycles. The van der Waals surface area contributed by atoms with Gasteiger partial charge in [-0.3, -0.25) is 34.4 Å². The van der Waals surface area contributed by atoms with Gasteiger partial charge >= 0.3 is 5.97 Å². The second kappa shape index (κ2) is 20.9. The maximum atomic E-state index is 14.0. The monoisotopic (exact) mass is 711 g/mol. The molecular weight excluding hydrogens is 654 g/mol. The molecule has 0 aromatic heterocycles. The van der Waals surface area contributed by atoms with Crippen LogP contribution in [0.2, 0.25) is 0 Å². The minimum Gasteiger partial charge on any atom is -0.481 e. The van der Waals surface area contributed by atoms with E-state index in [2.05, 4.69) is 20.9 Å². The summed E-state index contributed by atoms with van der Waals surface area (Å²) >= 11 is 0. The van der Waals surface area contributed by atoms with Gasteiger partial charge in [-0.15, -0.1) is 0 Å². The van der Waals surface area contributed by atoms with Gasteiger partial charge in [0.05, 0.1) is 0 Å². The summed E-state index contributed by atoms with van der Waals surface area (Å²) in [7, 11) is 0. The van der Waals surface area contributed by atoms with E-state index in [1.165, 1.54) is 0 Å². The minimum atomic E-state index is -1.25. The second-order valence-electron chi connectivity index (χ2n) is 14.0. The second-order valence-corrected chi connectivity index (χ2v) is 14.0. The van der Waals surface area contributed by atoms with Crippen molar-refractivity contribution in [1.29, 1.82) is 5.41 Å². The van der Waals surface area contributed by atoms with Crippen molar-refractivity contribution in [3.63, 3.8) is 0 Å². The van der Waals surface area contributed by atoms with Crippen LogP contribution in [0.15, 0.2) is 29.3 Å². The van der Waals surface area contributed by atoms with Gasteiger partial charge in [0.25, 0.3) is 0 Å². The van der Waals surface area contributed by atoms with Crippen molar-refractivity contribution in [2.45, 2.75) is 121 Å². The highest BCUT2D eigenvalue weighted by molar-refractivity contribution is 5.95. The van der Waals surface area contributed by atoms with Gasteiger partial charge in [-0.1, -0.05) is 75.6 Å². The third-order valence-corrected chi connectivity index (χ3v) is 10.1. The van der Waals surface area contributed by atoms with E-state index in [1.54, 1.807) is 12.1 Å². The molecule has 51 heavy (non-hydrogen) atoms. The molecule has 4 atom stereocenters. The summed E-state index contributed by atoms with van der Waals surface area (Å²) in [5.74, 6) is -3.92. The molecule has 3 rings (SSSR count). The van der Waals surface area contributed by atoms with Gasteiger partial charge in [0.15, 0.2) is 5.96 Å². The first-order chi connectivity index (χ1) is 24.3. The summed E-state index contributed by atoms with van der Waals surface area (Å²) in [6.07, 6.45) is 10.4. The predicted octanol–water partition coefficient (Wildman–Crippen LogP) is 1.54. The van der Waals surface area contributed by atoms with Crippen LogP contribution in [0.1, 0.15) is 107 Å². The maximum absolute atomic E-state index is 14.0. The zero-order valence-electron chi connectivity index (χ0n) is 29.5. The molecule has 0 bridgehead atoms. The Balaban J connectivity index is 1.81. The van der Waals surface area contributed by atoms with Crippen LogP contribution in [0, 0.1) is 23.2 Å². The number of aliphatic carboxylic acids is 1. The lowest BCUT2D eigenvalue weighted by atomic mass is 9.76. The number of nitrogens with two attached hydrogens (primary N) is 4. The van der Waals surface area contributed by atoms with Crippen LogP contribution in [0.4, 0.5) is 0 Å². The number of guanidine groups is 1. The van der Waals surface area contributed by atoms with E-state index in [4.69, 9.17) is 28.3 Å². The van der Waals surface area contributed by atoms with Crippen LogP contribution in [-0.4, -0.2) is 71.2 Å². The lowest BCUT2D eigenvalue weighted by Crippen LogP contribution is -2.57. The molecule has 13 N–H and O–H groups in total. The Labute approximate surface area is 300 Å². The Bertz CT molecular complexity index is 1370. The van der Waals surface area contributed by atoms with E-state index in [0.717, 1.165) is 69.8 Å². The fourth-order valence-electron chi connectivity index (χ4n) is 7.22. The van der Waals surface area contributed by atoms with Crippen molar-refractivity contribution in [3.05, 3.63) is 35.4 Å². The number of amides is 4. The molecule has 2 saturated carbocycles. The molecule has 0 spiro atoms. The Hall–Kier alpha value is -4.69. The van der Waals surface area contributed by atoms with Crippen molar-refractivity contribution in [2.24, 2.45) is 45.7 Å². The summed E-state index contributed by atoms with van der Waals surface area (Å²) < 4.78 is 0. The van der Waals surface area contributed by atoms with Gasteiger partial charge in [-0.05, 0) is 62.3 Å². The lowest BCUT2D eigenvalue weighted by molar-refractivity contribution is -0.139. The number of hydrogen-bond donors (Lipinski definition) is 9. The number of carboxylic acids is 1. The Morgan fingerprint density at radius 1 is 0.765 bits per heavy atom. The van der Waals surface area contributed by atoms with Crippen LogP contribution in [-0.2, 0) is 30.4 Å². The number of nitrogens with zero attached hydrogens (tertiary/aromatic N) is 1. The number of aliphatic imine (C=N–C) groups is 1. The van der Waals surface area contributed by atoms with Gasteiger partial charge in [-0.2, -0.15) is 0 Å². The molecule has 1 unspecified atom stereocenters. The standard InChI is InChI=1S/C36H57N9O6/c37-31(38)25-15-13-23(14-16-25)20-26(24-10-5-2-6-11-24)33(49)43-28(17-18-30(46)47)35(51)44-27(12-7-19-42-36(40)41)34(50)45-29(32(39)48)21-22-8-3-1-4-9-22/h13-16,22,24,26-29H,1-12,17-21H2,(H3,37,38)(H2,39,48)(H,43,49)(H,44,51)(H,45,50)(H,46,47)(H4,40,41,42)/t26?,27-,28-,29-/m0/s1. The first-order valence-corrected chi connectivity index (χ1v) is 18.2. The number of rotatable bonds is 20. The predicted molar refractivity (Wildman–Crippen MR) is 194 cm³/mol. The molecule has 0 radical (unpaired) electrons. The molecule has 15 heteroatoms. The average molecular weight is 712 g/mol. The quantitative estimate of drug-likeness (QED) is 0.0538. The van der Waals surface area contributed by atoms with Crippen molar-refractivity contribution >= 4 is 41.4 Å². The maximum Gasteiger partial charge on any atom is 0.303 e. The van der Waals surface area contributed by atoms with Crippen molar-refractivity contribution < 1.29 is 29.1 Å². The number of primary amides is 1. The van der Waals surface area contributed by atoms with Crippen LogP contribution in [0.3, 0.4) is 0 Å². The molecule has 1 aromatic carbocycles. The number of amidine groups is 1. The summed E-state index contributed by atoms with van der Waals surface area (Å²) in [4.78, 5) is 69.5. The SMILES string of the molecule is N=C(N)c1ccc(CC(C(=O)N[C@@H](CCC(=O)O)C(=O)N[C@@H](CCCN=C(N)N)C(=O)N[C@@H](CC2CCCCC2)C(N)=O)C2CCCCC2)cc1. The smallest absolute Gasteiger partial charge is 0.303 e. The average Bonchev–Trinajstić information content (AvgIpc) is 3.10. The zero-order valence-corrected chi connectivity index (χ0v) is 29.5. The van der Waals surface area contributed by atoms with E-state index in [0.29, 0.717) is 24.8 Å². The van der Waals surface area contributed by atoms with E-state index >= 15 is 0 Å². The van der Waals surface area contributed by atoms with Crippen LogP contribution < -0.4 is 38.9 Å². The normalized spacial score (nSPS) is 17.6. The van der Waals surface area contributed by atoms with Crippen LogP contribution in [0.25, 0.3) is 0 Å². The molecule has 0 heterocycles. The summed E-state index contributed by atoms with van der Waals surface area (Å²) in [6, 6.07) is 3.79. The Morgan fingerprint density at radius 2 is 1.31 bits per heavy atom. The summed E-state index contributed by atoms with van der Waals surface area (Å²) in [5, 5.41) is 25.4. The van der Waals surface area contributed by atoms with Crippen molar-refractivity contribution in [2.75, 3.05) is 6.54 Å². The minimum absolute atomic E-state index is 0.0541. The fraction of sp³-hybridized carbons (Fsp3) is 0.639. The third kappa shape index (κ3) is 14.2. The molecular formula is C36H57N9O6. The van der Waals surface area contributed by atoms with Crippen LogP contribution >= 0.6 is 0 Å². The fourth-order valence-corrected chi connectivity index (χ4v) is 7.22. The number of carbonyl (C=O) groups is 5. The Kier molecular flexibility index (Phi) is 16.7. The summed E-state index contributed by atoms with van der Waals surface area (Å²) in [5.41, 5.74) is 23.6. The summed E-state index contributed by atoms with van der Waals surface area (Å²) in [6.45, 7) is 0.180. The first-order valence-electron chi connectivity index (χ1n) is 18.2. The van der Waals surface area contributed by atoms with Gasteiger partial charge < -0.3 is 44.0 Å². The van der Waals surface area contributed by atoms with Gasteiger partial charge in [0.1, 0.15) is 24.0 Å². The lowest BCUT2D eigenvalue weighted by Gasteiger charge is -2.31. The van der Waals surface area contributed by atoms with Crippen LogP contribution in [0.5, 0.6) is 0 Å². The third-order valence-electron chi connectivity index (χ3n) is 10.1. The molecule has 15 nitrogen and oxygen atoms in total. The van der Waals surface area contributed by atoms with Crippen molar-refractivity contribution in [1.82, 2.24) is 16.0 Å². The number of nitrogens with one attached hydrogen (secondary N) is 4. The number of nitrogen functional groups attached to an aromatic ring is 1. The number of benzene rings is 1. The molecule has 0 aliphatic heterocycles. The number of carboxylic acid groups (broad SMARTS) is 1. The molecule has 2 aliphatic rings. The highest BCUT2D eigenvalue weighted by atomic mass is 16.4. The molecule has 282 valence electrons. The van der Waals surface area contributed by atoms with Gasteiger partial charge in [0, 0.05) is 24.4 Å². The topological polar surface area (TPSA) is 282 Å². The largest absolute Gasteiger partial charge is 0.481 e. The van der Waals surface area contributed by atoms with Gasteiger partial charge in [0.2, 0.25) is 23.6 Å².